The lowest BCUT2D eigenvalue weighted by atomic mass is 10.1. The SMILES string of the molecule is Cc1nccnc1C(C)NC1CCCSC1. The Morgan fingerprint density at radius 2 is 2.25 bits per heavy atom. The molecule has 16 heavy (non-hydrogen) atoms. The highest BCUT2D eigenvalue weighted by molar-refractivity contribution is 7.99. The fraction of sp³-hybridized carbons (Fsp3) is 0.667. The molecule has 0 spiro atoms. The molecule has 3 nitrogen and oxygen atoms in total. The van der Waals surface area contributed by atoms with Crippen molar-refractivity contribution >= 4 is 11.8 Å². The second kappa shape index (κ2) is 5.64. The van der Waals surface area contributed by atoms with Gasteiger partial charge in [0.25, 0.3) is 0 Å². The molecule has 2 unspecified atom stereocenters. The maximum Gasteiger partial charge on any atom is 0.0782 e. The Hall–Kier alpha value is -0.610. The number of rotatable bonds is 3. The number of aromatic nitrogens is 2. The summed E-state index contributed by atoms with van der Waals surface area (Å²) in [5.41, 5.74) is 2.11. The Balaban J connectivity index is 1.96. The zero-order chi connectivity index (χ0) is 11.4. The first-order chi connectivity index (χ1) is 7.77. The molecule has 2 heterocycles. The zero-order valence-corrected chi connectivity index (χ0v) is 10.8. The van der Waals surface area contributed by atoms with E-state index < -0.39 is 0 Å². The lowest BCUT2D eigenvalue weighted by Crippen LogP contribution is -2.36. The van der Waals surface area contributed by atoms with E-state index in [0.29, 0.717) is 12.1 Å². The van der Waals surface area contributed by atoms with Crippen molar-refractivity contribution in [3.8, 4) is 0 Å². The molecule has 1 saturated heterocycles. The van der Waals surface area contributed by atoms with E-state index in [4.69, 9.17) is 0 Å². The summed E-state index contributed by atoms with van der Waals surface area (Å²) >= 11 is 2.05. The van der Waals surface area contributed by atoms with Gasteiger partial charge in [0, 0.05) is 30.2 Å². The predicted octanol–water partition coefficient (Wildman–Crippen LogP) is 2.33. The third-order valence-corrected chi connectivity index (χ3v) is 4.19. The molecule has 2 rings (SSSR count). The predicted molar refractivity (Wildman–Crippen MR) is 68.7 cm³/mol. The van der Waals surface area contributed by atoms with Crippen LogP contribution in [0.25, 0.3) is 0 Å². The van der Waals surface area contributed by atoms with E-state index in [1.165, 1.54) is 24.3 Å². The number of hydrogen-bond acceptors (Lipinski definition) is 4. The fourth-order valence-electron chi connectivity index (χ4n) is 2.15. The van der Waals surface area contributed by atoms with Crippen LogP contribution in [0.4, 0.5) is 0 Å². The molecule has 0 radical (unpaired) electrons. The molecule has 0 amide bonds. The average Bonchev–Trinajstić information content (AvgIpc) is 2.31. The van der Waals surface area contributed by atoms with Crippen molar-refractivity contribution in [3.63, 3.8) is 0 Å². The monoisotopic (exact) mass is 237 g/mol. The Labute approximate surface area is 101 Å². The standard InChI is InChI=1S/C12H19N3S/c1-9-12(14-6-5-13-9)10(2)15-11-4-3-7-16-8-11/h5-6,10-11,15H,3-4,7-8H2,1-2H3. The Morgan fingerprint density at radius 1 is 1.44 bits per heavy atom. The van der Waals surface area contributed by atoms with Crippen molar-refractivity contribution in [2.24, 2.45) is 0 Å². The number of nitrogens with one attached hydrogen (secondary N) is 1. The molecule has 1 aliphatic heterocycles. The summed E-state index contributed by atoms with van der Waals surface area (Å²) in [6.45, 7) is 4.20. The van der Waals surface area contributed by atoms with Crippen LogP contribution in [0.15, 0.2) is 12.4 Å². The Bertz CT molecular complexity index is 337. The second-order valence-corrected chi connectivity index (χ2v) is 5.48. The number of nitrogens with zero attached hydrogens (tertiary/aromatic N) is 2. The molecule has 0 bridgehead atoms. The van der Waals surface area contributed by atoms with E-state index in [1.54, 1.807) is 12.4 Å². The highest BCUT2D eigenvalue weighted by Gasteiger charge is 2.18. The van der Waals surface area contributed by atoms with Gasteiger partial charge in [-0.2, -0.15) is 11.8 Å². The van der Waals surface area contributed by atoms with Gasteiger partial charge in [-0.05, 0) is 32.4 Å². The van der Waals surface area contributed by atoms with Gasteiger partial charge in [0.1, 0.15) is 0 Å². The Kier molecular flexibility index (Phi) is 4.18. The van der Waals surface area contributed by atoms with E-state index in [-0.39, 0.29) is 0 Å². The van der Waals surface area contributed by atoms with Crippen molar-refractivity contribution in [1.29, 1.82) is 0 Å². The highest BCUT2D eigenvalue weighted by Crippen LogP contribution is 2.20. The molecular weight excluding hydrogens is 218 g/mol. The normalized spacial score (nSPS) is 23.0. The fourth-order valence-corrected chi connectivity index (χ4v) is 3.23. The summed E-state index contributed by atoms with van der Waals surface area (Å²) < 4.78 is 0. The first-order valence-corrected chi connectivity index (χ1v) is 7.04. The van der Waals surface area contributed by atoms with Crippen LogP contribution in [-0.4, -0.2) is 27.5 Å². The zero-order valence-electron chi connectivity index (χ0n) is 9.94. The van der Waals surface area contributed by atoms with Gasteiger partial charge >= 0.3 is 0 Å². The van der Waals surface area contributed by atoms with Crippen LogP contribution in [0, 0.1) is 6.92 Å². The van der Waals surface area contributed by atoms with Crippen LogP contribution in [0.2, 0.25) is 0 Å². The highest BCUT2D eigenvalue weighted by atomic mass is 32.2. The van der Waals surface area contributed by atoms with Crippen LogP contribution in [0.5, 0.6) is 0 Å². The van der Waals surface area contributed by atoms with Gasteiger partial charge in [-0.3, -0.25) is 9.97 Å². The summed E-state index contributed by atoms with van der Waals surface area (Å²) in [6.07, 6.45) is 6.14. The van der Waals surface area contributed by atoms with E-state index in [1.807, 2.05) is 18.7 Å². The third kappa shape index (κ3) is 2.95. The van der Waals surface area contributed by atoms with Crippen LogP contribution >= 0.6 is 11.8 Å². The van der Waals surface area contributed by atoms with Crippen LogP contribution in [-0.2, 0) is 0 Å². The lowest BCUT2D eigenvalue weighted by molar-refractivity contribution is 0.444. The van der Waals surface area contributed by atoms with Crippen LogP contribution in [0.3, 0.4) is 0 Å². The molecule has 88 valence electrons. The van der Waals surface area contributed by atoms with Crippen molar-refractivity contribution in [2.75, 3.05) is 11.5 Å². The van der Waals surface area contributed by atoms with Gasteiger partial charge in [0.15, 0.2) is 0 Å². The third-order valence-electron chi connectivity index (χ3n) is 2.98. The molecule has 1 aromatic rings. The molecule has 1 aliphatic rings. The van der Waals surface area contributed by atoms with Crippen molar-refractivity contribution in [2.45, 2.75) is 38.8 Å². The topological polar surface area (TPSA) is 37.8 Å². The minimum absolute atomic E-state index is 0.303. The summed E-state index contributed by atoms with van der Waals surface area (Å²) in [7, 11) is 0. The van der Waals surface area contributed by atoms with Gasteiger partial charge < -0.3 is 5.32 Å². The first-order valence-electron chi connectivity index (χ1n) is 5.88. The number of aryl methyl sites for hydroxylation is 1. The van der Waals surface area contributed by atoms with Crippen molar-refractivity contribution in [3.05, 3.63) is 23.8 Å². The molecule has 2 atom stereocenters. The smallest absolute Gasteiger partial charge is 0.0782 e. The quantitative estimate of drug-likeness (QED) is 0.875. The maximum atomic E-state index is 4.41. The van der Waals surface area contributed by atoms with E-state index in [0.717, 1.165) is 11.4 Å². The van der Waals surface area contributed by atoms with E-state index in [9.17, 15) is 0 Å². The average molecular weight is 237 g/mol. The van der Waals surface area contributed by atoms with Gasteiger partial charge in [0.05, 0.1) is 11.4 Å². The summed E-state index contributed by atoms with van der Waals surface area (Å²) in [5.74, 6) is 2.54. The minimum atomic E-state index is 0.303. The molecule has 1 fully saturated rings. The summed E-state index contributed by atoms with van der Waals surface area (Å²) in [6, 6.07) is 0.938. The largest absolute Gasteiger partial charge is 0.305 e. The molecule has 0 aliphatic carbocycles. The van der Waals surface area contributed by atoms with E-state index >= 15 is 0 Å². The van der Waals surface area contributed by atoms with Crippen LogP contribution in [0.1, 0.15) is 37.2 Å². The summed E-state index contributed by atoms with van der Waals surface area (Å²) in [5, 5.41) is 3.65. The first kappa shape index (κ1) is 11.9. The molecule has 4 heteroatoms. The van der Waals surface area contributed by atoms with Gasteiger partial charge in [-0.1, -0.05) is 0 Å². The molecule has 0 aromatic carbocycles. The van der Waals surface area contributed by atoms with E-state index in [2.05, 4.69) is 22.2 Å². The summed E-state index contributed by atoms with van der Waals surface area (Å²) in [4.78, 5) is 8.70. The second-order valence-electron chi connectivity index (χ2n) is 4.33. The van der Waals surface area contributed by atoms with Gasteiger partial charge in [-0.25, -0.2) is 0 Å². The van der Waals surface area contributed by atoms with Gasteiger partial charge in [-0.15, -0.1) is 0 Å². The Morgan fingerprint density at radius 3 is 2.94 bits per heavy atom. The van der Waals surface area contributed by atoms with Gasteiger partial charge in [0.2, 0.25) is 0 Å². The minimum Gasteiger partial charge on any atom is -0.305 e. The number of hydrogen-bond donors (Lipinski definition) is 1. The molecular formula is C12H19N3S. The lowest BCUT2D eigenvalue weighted by Gasteiger charge is -2.26. The van der Waals surface area contributed by atoms with Crippen molar-refractivity contribution < 1.29 is 0 Å². The van der Waals surface area contributed by atoms with Crippen LogP contribution < -0.4 is 5.32 Å². The molecule has 0 saturated carbocycles. The maximum absolute atomic E-state index is 4.41. The van der Waals surface area contributed by atoms with Crippen molar-refractivity contribution in [1.82, 2.24) is 15.3 Å². The molecule has 1 aromatic heterocycles. The number of thioether (sulfide) groups is 1. The molecule has 1 N–H and O–H groups in total.